The van der Waals surface area contributed by atoms with Crippen molar-refractivity contribution in [3.63, 3.8) is 0 Å². The zero-order valence-electron chi connectivity index (χ0n) is 17.2. The minimum absolute atomic E-state index is 0.0349. The average molecular weight is 428 g/mol. The van der Waals surface area contributed by atoms with Crippen LogP contribution in [0, 0.1) is 22.8 Å². The molecule has 1 N–H and O–H groups in total. The van der Waals surface area contributed by atoms with Crippen molar-refractivity contribution in [3.8, 4) is 23.6 Å². The topological polar surface area (TPSA) is 137 Å². The average Bonchev–Trinajstić information content (AvgIpc) is 3.18. The predicted octanol–water partition coefficient (Wildman–Crippen LogP) is 2.04. The number of carbonyl (C=O) groups is 1. The van der Waals surface area contributed by atoms with Crippen LogP contribution in [0.15, 0.2) is 41.2 Å². The van der Waals surface area contributed by atoms with Crippen LogP contribution in [0.2, 0.25) is 0 Å². The smallest absolute Gasteiger partial charge is 0.307 e. The molecule has 2 atom stereocenters. The molecule has 2 aromatic heterocycles. The van der Waals surface area contributed by atoms with Crippen molar-refractivity contribution >= 4 is 5.91 Å². The number of likely N-dealkylation sites (tertiary alicyclic amines) is 1. The first-order valence-electron chi connectivity index (χ1n) is 10.5. The van der Waals surface area contributed by atoms with Crippen molar-refractivity contribution in [2.24, 2.45) is 0 Å². The minimum atomic E-state index is -0.426. The van der Waals surface area contributed by atoms with Gasteiger partial charge >= 0.3 is 5.91 Å². The van der Waals surface area contributed by atoms with Crippen LogP contribution in [-0.2, 0) is 6.54 Å². The van der Waals surface area contributed by atoms with E-state index in [9.17, 15) is 15.3 Å². The summed E-state index contributed by atoms with van der Waals surface area (Å²) in [6, 6.07) is 7.40. The molecule has 2 aliphatic rings. The maximum absolute atomic E-state index is 12.8. The normalized spacial score (nSPS) is 20.0. The van der Waals surface area contributed by atoms with Gasteiger partial charge in [0.25, 0.3) is 5.89 Å². The summed E-state index contributed by atoms with van der Waals surface area (Å²) in [6.07, 6.45) is 9.85. The molecule has 160 valence electrons. The lowest BCUT2D eigenvalue weighted by atomic mass is 9.99. The fourth-order valence-corrected chi connectivity index (χ4v) is 4.20. The minimum Gasteiger partial charge on any atom is -0.432 e. The van der Waals surface area contributed by atoms with Crippen LogP contribution in [0.25, 0.3) is 11.3 Å². The summed E-state index contributed by atoms with van der Waals surface area (Å²) >= 11 is 0. The highest BCUT2D eigenvalue weighted by molar-refractivity contribution is 5.90. The zero-order chi connectivity index (χ0) is 22.1. The lowest BCUT2D eigenvalue weighted by molar-refractivity contribution is 0.0904. The van der Waals surface area contributed by atoms with Crippen LogP contribution in [0.3, 0.4) is 0 Å². The van der Waals surface area contributed by atoms with Crippen molar-refractivity contribution in [2.45, 2.75) is 43.8 Å². The Labute approximate surface area is 184 Å². The molecular formula is C22H20N8O2. The molecule has 0 spiro atoms. The SMILES string of the molecule is N#Cc1ccc(C2CC2)c(-c2cnc(C(=O)N[C@@H]3C[C@@H](Cn4ccnn4)N(C#N)C3)o2)c1. The van der Waals surface area contributed by atoms with Gasteiger partial charge in [-0.1, -0.05) is 11.3 Å². The number of carbonyl (C=O) groups excluding carboxylic acids is 1. The van der Waals surface area contributed by atoms with Gasteiger partial charge < -0.3 is 14.6 Å². The number of hydrogen-bond acceptors (Lipinski definition) is 8. The van der Waals surface area contributed by atoms with E-state index in [0.717, 1.165) is 24.0 Å². The maximum Gasteiger partial charge on any atom is 0.307 e. The van der Waals surface area contributed by atoms with E-state index in [1.54, 1.807) is 34.1 Å². The monoisotopic (exact) mass is 428 g/mol. The third-order valence-corrected chi connectivity index (χ3v) is 5.91. The quantitative estimate of drug-likeness (QED) is 0.589. The van der Waals surface area contributed by atoms with Crippen molar-refractivity contribution in [1.82, 2.24) is 30.2 Å². The Morgan fingerprint density at radius 3 is 2.91 bits per heavy atom. The van der Waals surface area contributed by atoms with Gasteiger partial charge in [0.15, 0.2) is 12.0 Å². The van der Waals surface area contributed by atoms with E-state index in [1.807, 2.05) is 6.07 Å². The van der Waals surface area contributed by atoms with Crippen LogP contribution in [0.1, 0.15) is 47.0 Å². The first-order valence-corrected chi connectivity index (χ1v) is 10.5. The van der Waals surface area contributed by atoms with E-state index in [4.69, 9.17) is 4.42 Å². The Hall–Kier alpha value is -4.18. The first kappa shape index (κ1) is 19.8. The van der Waals surface area contributed by atoms with E-state index >= 15 is 0 Å². The third-order valence-electron chi connectivity index (χ3n) is 5.91. The number of nitriles is 2. The molecule has 1 aromatic carbocycles. The van der Waals surface area contributed by atoms with Gasteiger partial charge in [-0.15, -0.1) is 5.10 Å². The number of nitrogens with zero attached hydrogens (tertiary/aromatic N) is 7. The summed E-state index contributed by atoms with van der Waals surface area (Å²) in [4.78, 5) is 18.6. The largest absolute Gasteiger partial charge is 0.432 e. The van der Waals surface area contributed by atoms with Gasteiger partial charge in [0.05, 0.1) is 36.6 Å². The van der Waals surface area contributed by atoms with Crippen molar-refractivity contribution in [1.29, 1.82) is 10.5 Å². The highest BCUT2D eigenvalue weighted by Gasteiger charge is 2.34. The number of aromatic nitrogens is 4. The third kappa shape index (κ3) is 3.91. The molecule has 0 unspecified atom stereocenters. The van der Waals surface area contributed by atoms with Gasteiger partial charge in [-0.25, -0.2) is 4.98 Å². The fraction of sp³-hybridized carbons (Fsp3) is 0.364. The van der Waals surface area contributed by atoms with Crippen LogP contribution < -0.4 is 5.32 Å². The number of rotatable bonds is 6. The van der Waals surface area contributed by atoms with Crippen molar-refractivity contribution in [2.75, 3.05) is 6.54 Å². The number of amides is 1. The second kappa shape index (κ2) is 8.16. The second-order valence-corrected chi connectivity index (χ2v) is 8.16. The summed E-state index contributed by atoms with van der Waals surface area (Å²) < 4.78 is 7.46. The van der Waals surface area contributed by atoms with E-state index in [2.05, 4.69) is 32.9 Å². The molecule has 10 heteroatoms. The standard InChI is InChI=1S/C22H20N8O2/c23-9-14-1-4-18(15-2-3-15)19(7-14)20-10-25-22(32-20)21(31)27-16-8-17(29(11-16)13-24)12-30-6-5-26-28-30/h1,4-7,10,15-17H,2-3,8,11-12H2,(H,27,31)/t16-,17+/m1/s1. The lowest BCUT2D eigenvalue weighted by Crippen LogP contribution is -2.36. The molecule has 3 heterocycles. The molecular weight excluding hydrogens is 408 g/mol. The van der Waals surface area contributed by atoms with Crippen LogP contribution in [0.4, 0.5) is 0 Å². The highest BCUT2D eigenvalue weighted by atomic mass is 16.4. The lowest BCUT2D eigenvalue weighted by Gasteiger charge is -2.16. The molecule has 1 aliphatic heterocycles. The molecule has 5 rings (SSSR count). The van der Waals surface area contributed by atoms with Gasteiger partial charge in [0, 0.05) is 24.3 Å². The summed E-state index contributed by atoms with van der Waals surface area (Å²) in [5.41, 5.74) is 2.46. The molecule has 32 heavy (non-hydrogen) atoms. The summed E-state index contributed by atoms with van der Waals surface area (Å²) in [5.74, 6) is 0.470. The molecule has 0 bridgehead atoms. The maximum atomic E-state index is 12.8. The molecule has 1 aliphatic carbocycles. The van der Waals surface area contributed by atoms with Gasteiger partial charge in [0.1, 0.15) is 0 Å². The zero-order valence-corrected chi connectivity index (χ0v) is 17.2. The van der Waals surface area contributed by atoms with Gasteiger partial charge in [0.2, 0.25) is 0 Å². The fourth-order valence-electron chi connectivity index (χ4n) is 4.20. The Morgan fingerprint density at radius 2 is 2.19 bits per heavy atom. The first-order chi connectivity index (χ1) is 15.6. The molecule has 10 nitrogen and oxygen atoms in total. The van der Waals surface area contributed by atoms with Gasteiger partial charge in [-0.2, -0.15) is 10.5 Å². The van der Waals surface area contributed by atoms with E-state index < -0.39 is 5.91 Å². The van der Waals surface area contributed by atoms with Crippen molar-refractivity contribution in [3.05, 3.63) is 53.8 Å². The predicted molar refractivity (Wildman–Crippen MR) is 111 cm³/mol. The number of oxazole rings is 1. The number of hydrogen-bond donors (Lipinski definition) is 1. The highest BCUT2D eigenvalue weighted by Crippen LogP contribution is 2.44. The number of nitrogens with one attached hydrogen (secondary N) is 1. The summed E-state index contributed by atoms with van der Waals surface area (Å²) in [6.45, 7) is 0.924. The van der Waals surface area contributed by atoms with Crippen LogP contribution in [-0.4, -0.2) is 49.4 Å². The van der Waals surface area contributed by atoms with Crippen LogP contribution in [0.5, 0.6) is 0 Å². The Kier molecular flexibility index (Phi) is 5.04. The van der Waals surface area contributed by atoms with E-state index in [-0.39, 0.29) is 18.0 Å². The Morgan fingerprint density at radius 1 is 1.31 bits per heavy atom. The van der Waals surface area contributed by atoms with Crippen molar-refractivity contribution < 1.29 is 9.21 Å². The van der Waals surface area contributed by atoms with Gasteiger partial charge in [-0.3, -0.25) is 9.48 Å². The summed E-state index contributed by atoms with van der Waals surface area (Å²) in [5, 5.41) is 29.4. The molecule has 1 saturated heterocycles. The molecule has 3 aromatic rings. The van der Waals surface area contributed by atoms with E-state index in [0.29, 0.717) is 36.8 Å². The number of benzene rings is 1. The molecule has 0 radical (unpaired) electrons. The Bertz CT molecular complexity index is 1220. The van der Waals surface area contributed by atoms with Crippen LogP contribution >= 0.6 is 0 Å². The second-order valence-electron chi connectivity index (χ2n) is 8.16. The molecule has 1 amide bonds. The van der Waals surface area contributed by atoms with Gasteiger partial charge in [-0.05, 0) is 42.9 Å². The summed E-state index contributed by atoms with van der Waals surface area (Å²) in [7, 11) is 0. The van der Waals surface area contributed by atoms with E-state index in [1.165, 1.54) is 6.20 Å². The Balaban J connectivity index is 1.29. The molecule has 1 saturated carbocycles. The molecule has 2 fully saturated rings.